The number of hydrogen-bond donors (Lipinski definition) is 4. The van der Waals surface area contributed by atoms with Crippen LogP contribution >= 0.6 is 0 Å². The largest absolute Gasteiger partial charge is 0.494 e. The van der Waals surface area contributed by atoms with Crippen LogP contribution in [0.25, 0.3) is 22.3 Å². The van der Waals surface area contributed by atoms with E-state index in [-0.39, 0.29) is 59.0 Å². The van der Waals surface area contributed by atoms with E-state index in [1.54, 1.807) is 29.2 Å². The fourth-order valence-electron chi connectivity index (χ4n) is 4.41. The highest BCUT2D eigenvalue weighted by atomic mass is 19.1. The standard InChI is InChI=1S/C25H23F2N5O3/c26-17-4-1-5-18(27)21(17)23-30-19-12-28-25(35)22(19)24(31-23)29-15-8-6-14(7-9-15)11-20(34)32-10-2-3-16(32)13-33/h1,4-9,12,16,28,33,35H,2-3,10-11,13H2,(H,29,30,31). The topological polar surface area (TPSA) is 114 Å². The zero-order valence-corrected chi connectivity index (χ0v) is 18.6. The number of rotatable bonds is 6. The molecular weight excluding hydrogens is 456 g/mol. The molecule has 1 atom stereocenters. The SMILES string of the molecule is O=C(Cc1ccc(Nc2nc(-c3c(F)cccc3F)nc3c[nH]c(O)c23)cc1)N1CCCC1CO. The molecule has 10 heteroatoms. The number of carbonyl (C=O) groups excluding carboxylic acids is 1. The first-order valence-corrected chi connectivity index (χ1v) is 11.2. The molecule has 1 fully saturated rings. The van der Waals surface area contributed by atoms with Crippen molar-refractivity contribution in [3.8, 4) is 17.3 Å². The van der Waals surface area contributed by atoms with Crippen LogP contribution in [0.15, 0.2) is 48.7 Å². The van der Waals surface area contributed by atoms with E-state index in [4.69, 9.17) is 0 Å². The van der Waals surface area contributed by atoms with Crippen molar-refractivity contribution in [2.24, 2.45) is 0 Å². The van der Waals surface area contributed by atoms with Gasteiger partial charge in [0.2, 0.25) is 11.8 Å². The van der Waals surface area contributed by atoms with E-state index in [2.05, 4.69) is 20.3 Å². The highest BCUT2D eigenvalue weighted by molar-refractivity contribution is 5.96. The summed E-state index contributed by atoms with van der Waals surface area (Å²) in [4.78, 5) is 25.5. The van der Waals surface area contributed by atoms with Crippen LogP contribution in [0, 0.1) is 11.6 Å². The summed E-state index contributed by atoms with van der Waals surface area (Å²) >= 11 is 0. The van der Waals surface area contributed by atoms with Gasteiger partial charge in [0.05, 0.1) is 30.1 Å². The molecule has 8 nitrogen and oxygen atoms in total. The summed E-state index contributed by atoms with van der Waals surface area (Å²) in [7, 11) is 0. The maximum atomic E-state index is 14.4. The molecule has 2 aromatic heterocycles. The molecule has 4 aromatic rings. The number of aromatic amines is 1. The molecule has 0 spiro atoms. The van der Waals surface area contributed by atoms with Gasteiger partial charge in [0, 0.05) is 18.4 Å². The lowest BCUT2D eigenvalue weighted by Crippen LogP contribution is -2.38. The third-order valence-electron chi connectivity index (χ3n) is 6.19. The minimum Gasteiger partial charge on any atom is -0.494 e. The van der Waals surface area contributed by atoms with Crippen molar-refractivity contribution in [3.05, 3.63) is 65.9 Å². The van der Waals surface area contributed by atoms with Gasteiger partial charge in [-0.15, -0.1) is 0 Å². The van der Waals surface area contributed by atoms with Crippen molar-refractivity contribution in [2.75, 3.05) is 18.5 Å². The number of amides is 1. The van der Waals surface area contributed by atoms with E-state index in [1.165, 1.54) is 12.3 Å². The van der Waals surface area contributed by atoms with Crippen LogP contribution < -0.4 is 5.32 Å². The van der Waals surface area contributed by atoms with Gasteiger partial charge in [-0.1, -0.05) is 18.2 Å². The molecule has 1 unspecified atom stereocenters. The Labute approximate surface area is 199 Å². The van der Waals surface area contributed by atoms with Crippen molar-refractivity contribution < 1.29 is 23.8 Å². The van der Waals surface area contributed by atoms with Crippen molar-refractivity contribution in [1.29, 1.82) is 0 Å². The third kappa shape index (κ3) is 4.40. The van der Waals surface area contributed by atoms with Crippen molar-refractivity contribution in [2.45, 2.75) is 25.3 Å². The van der Waals surface area contributed by atoms with Crippen LogP contribution in [0.3, 0.4) is 0 Å². The monoisotopic (exact) mass is 479 g/mol. The summed E-state index contributed by atoms with van der Waals surface area (Å²) in [5, 5.41) is 23.0. The first-order valence-electron chi connectivity index (χ1n) is 11.2. The van der Waals surface area contributed by atoms with Gasteiger partial charge in [-0.05, 0) is 42.7 Å². The zero-order chi connectivity index (χ0) is 24.5. The maximum Gasteiger partial charge on any atom is 0.227 e. The molecule has 180 valence electrons. The van der Waals surface area contributed by atoms with Gasteiger partial charge < -0.3 is 25.4 Å². The van der Waals surface area contributed by atoms with Gasteiger partial charge in [-0.3, -0.25) is 4.79 Å². The third-order valence-corrected chi connectivity index (χ3v) is 6.19. The molecule has 35 heavy (non-hydrogen) atoms. The van der Waals surface area contributed by atoms with Crippen LogP contribution in [0.2, 0.25) is 0 Å². The summed E-state index contributed by atoms with van der Waals surface area (Å²) in [6.07, 6.45) is 3.33. The fourth-order valence-corrected chi connectivity index (χ4v) is 4.41. The number of aromatic nitrogens is 3. The van der Waals surface area contributed by atoms with Crippen molar-refractivity contribution >= 4 is 28.3 Å². The highest BCUT2D eigenvalue weighted by Crippen LogP contribution is 2.34. The molecule has 5 rings (SSSR count). The van der Waals surface area contributed by atoms with Crippen LogP contribution in [-0.4, -0.2) is 55.2 Å². The minimum absolute atomic E-state index is 0.0337. The number of nitrogens with zero attached hydrogens (tertiary/aromatic N) is 3. The number of carbonyl (C=O) groups is 1. The van der Waals surface area contributed by atoms with E-state index in [0.29, 0.717) is 12.2 Å². The second kappa shape index (κ2) is 9.30. The van der Waals surface area contributed by atoms with Gasteiger partial charge in [0.25, 0.3) is 0 Å². The lowest BCUT2D eigenvalue weighted by molar-refractivity contribution is -0.132. The number of aliphatic hydroxyl groups is 1. The number of hydrogen-bond acceptors (Lipinski definition) is 6. The Kier molecular flexibility index (Phi) is 6.04. The average Bonchev–Trinajstić information content (AvgIpc) is 3.47. The molecule has 0 saturated carbocycles. The molecule has 1 aliphatic heterocycles. The molecule has 0 bridgehead atoms. The molecule has 4 N–H and O–H groups in total. The van der Waals surface area contributed by atoms with Crippen LogP contribution in [0.5, 0.6) is 5.88 Å². The van der Waals surface area contributed by atoms with E-state index in [1.807, 2.05) is 0 Å². The molecule has 1 saturated heterocycles. The first kappa shape index (κ1) is 22.7. The summed E-state index contributed by atoms with van der Waals surface area (Å²) in [5.41, 5.74) is 1.31. The number of aliphatic hydroxyl groups excluding tert-OH is 1. The Balaban J connectivity index is 1.41. The molecule has 0 radical (unpaired) electrons. The summed E-state index contributed by atoms with van der Waals surface area (Å²) in [6.45, 7) is 0.616. The van der Waals surface area contributed by atoms with E-state index in [0.717, 1.165) is 30.5 Å². The lowest BCUT2D eigenvalue weighted by atomic mass is 10.1. The molecule has 2 aromatic carbocycles. The normalized spacial score (nSPS) is 15.6. The molecule has 0 aliphatic carbocycles. The van der Waals surface area contributed by atoms with Gasteiger partial charge in [0.1, 0.15) is 22.8 Å². The fraction of sp³-hybridized carbons (Fsp3) is 0.240. The van der Waals surface area contributed by atoms with Crippen LogP contribution in [0.4, 0.5) is 20.3 Å². The van der Waals surface area contributed by atoms with E-state index >= 15 is 0 Å². The smallest absolute Gasteiger partial charge is 0.227 e. The Bertz CT molecular complexity index is 1370. The van der Waals surface area contributed by atoms with Gasteiger partial charge in [0.15, 0.2) is 5.82 Å². The molecule has 3 heterocycles. The Hall–Kier alpha value is -4.05. The van der Waals surface area contributed by atoms with Gasteiger partial charge >= 0.3 is 0 Å². The second-order valence-corrected chi connectivity index (χ2v) is 8.45. The number of benzene rings is 2. The van der Waals surface area contributed by atoms with Crippen LogP contribution in [0.1, 0.15) is 18.4 Å². The number of H-pyrrole nitrogens is 1. The number of halogens is 2. The number of anilines is 2. The number of likely N-dealkylation sites (tertiary alicyclic amines) is 1. The van der Waals surface area contributed by atoms with Crippen molar-refractivity contribution in [1.82, 2.24) is 19.9 Å². The number of fused-ring (bicyclic) bond motifs is 1. The number of aromatic hydroxyl groups is 1. The summed E-state index contributed by atoms with van der Waals surface area (Å²) < 4.78 is 28.7. The van der Waals surface area contributed by atoms with Crippen LogP contribution in [-0.2, 0) is 11.2 Å². The predicted molar refractivity (Wildman–Crippen MR) is 126 cm³/mol. The van der Waals surface area contributed by atoms with Gasteiger partial charge in [-0.25, -0.2) is 18.7 Å². The zero-order valence-electron chi connectivity index (χ0n) is 18.6. The maximum absolute atomic E-state index is 14.4. The quantitative estimate of drug-likeness (QED) is 0.334. The molecule has 1 aliphatic rings. The molecular formula is C25H23F2N5O3. The Morgan fingerprint density at radius 1 is 1.14 bits per heavy atom. The highest BCUT2D eigenvalue weighted by Gasteiger charge is 2.27. The summed E-state index contributed by atoms with van der Waals surface area (Å²) in [6, 6.07) is 10.5. The van der Waals surface area contributed by atoms with E-state index < -0.39 is 11.6 Å². The van der Waals surface area contributed by atoms with Crippen molar-refractivity contribution in [3.63, 3.8) is 0 Å². The Morgan fingerprint density at radius 3 is 2.60 bits per heavy atom. The Morgan fingerprint density at radius 2 is 1.89 bits per heavy atom. The number of nitrogens with one attached hydrogen (secondary N) is 2. The first-order chi connectivity index (χ1) is 16.9. The lowest BCUT2D eigenvalue weighted by Gasteiger charge is -2.23. The second-order valence-electron chi connectivity index (χ2n) is 8.45. The van der Waals surface area contributed by atoms with Gasteiger partial charge in [-0.2, -0.15) is 0 Å². The molecule has 1 amide bonds. The average molecular weight is 479 g/mol. The summed E-state index contributed by atoms with van der Waals surface area (Å²) in [5.74, 6) is -1.82. The van der Waals surface area contributed by atoms with E-state index in [9.17, 15) is 23.8 Å². The predicted octanol–water partition coefficient (Wildman–Crippen LogP) is 3.88. The minimum atomic E-state index is -0.800.